The van der Waals surface area contributed by atoms with Crippen LogP contribution in [0, 0.1) is 19.8 Å². The molecule has 1 saturated heterocycles. The number of aryl methyl sites for hydroxylation is 2. The van der Waals surface area contributed by atoms with Crippen LogP contribution in [0.5, 0.6) is 0 Å². The van der Waals surface area contributed by atoms with E-state index in [2.05, 4.69) is 15.3 Å². The monoisotopic (exact) mass is 358 g/mol. The van der Waals surface area contributed by atoms with Crippen LogP contribution < -0.4 is 11.1 Å². The number of hydrogen-bond acceptors (Lipinski definition) is 6. The molecule has 3 rings (SSSR count). The lowest BCUT2D eigenvalue weighted by Crippen LogP contribution is -2.65. The molecule has 0 saturated carbocycles. The molecule has 2 atom stereocenters. The Morgan fingerprint density at radius 3 is 2.73 bits per heavy atom. The van der Waals surface area contributed by atoms with Gasteiger partial charge in [-0.3, -0.25) is 4.79 Å². The van der Waals surface area contributed by atoms with E-state index in [1.54, 1.807) is 13.1 Å². The van der Waals surface area contributed by atoms with Gasteiger partial charge in [-0.2, -0.15) is 0 Å². The zero-order valence-electron chi connectivity index (χ0n) is 15.7. The van der Waals surface area contributed by atoms with Crippen LogP contribution in [0.2, 0.25) is 0 Å². The van der Waals surface area contributed by atoms with Gasteiger partial charge >= 0.3 is 0 Å². The minimum atomic E-state index is -0.510. The summed E-state index contributed by atoms with van der Waals surface area (Å²) < 4.78 is 11.2. The zero-order valence-corrected chi connectivity index (χ0v) is 15.7. The Morgan fingerprint density at radius 1 is 1.38 bits per heavy atom. The van der Waals surface area contributed by atoms with Crippen molar-refractivity contribution in [3.05, 3.63) is 40.9 Å². The molecule has 7 nitrogen and oxygen atoms in total. The highest BCUT2D eigenvalue weighted by atomic mass is 16.5. The lowest BCUT2D eigenvalue weighted by atomic mass is 9.74. The highest BCUT2D eigenvalue weighted by Gasteiger charge is 2.46. The van der Waals surface area contributed by atoms with Gasteiger partial charge in [-0.1, -0.05) is 12.2 Å². The molecule has 7 heteroatoms. The molecule has 2 aliphatic rings. The quantitative estimate of drug-likeness (QED) is 0.831. The predicted molar refractivity (Wildman–Crippen MR) is 98.6 cm³/mol. The second-order valence-electron chi connectivity index (χ2n) is 7.00. The number of amides is 1. The maximum absolute atomic E-state index is 12.9. The minimum absolute atomic E-state index is 0.117. The highest BCUT2D eigenvalue weighted by molar-refractivity contribution is 6.06. The lowest BCUT2D eigenvalue weighted by molar-refractivity contribution is -0.113. The van der Waals surface area contributed by atoms with Crippen molar-refractivity contribution in [2.45, 2.75) is 39.3 Å². The molecule has 3 N–H and O–H groups in total. The Hall–Kier alpha value is -2.09. The minimum Gasteiger partial charge on any atom is -0.377 e. The standard InChI is InChI=1S/C19H26N4O3/c1-5-26-16-6-11(2)14(7-15(16)19(20)9-25-10-19)18(24)23-17-12(3)8-21-13(4)22-17/h6-8,15-16H,5,9-10,20H2,1-4H3,(H,21,22,23,24). The molecule has 0 bridgehead atoms. The van der Waals surface area contributed by atoms with Crippen LogP contribution in [-0.4, -0.2) is 47.3 Å². The number of ether oxygens (including phenoxy) is 2. The molecular weight excluding hydrogens is 332 g/mol. The van der Waals surface area contributed by atoms with Gasteiger partial charge in [0, 0.05) is 29.9 Å². The fourth-order valence-corrected chi connectivity index (χ4v) is 3.30. The number of rotatable bonds is 5. The Labute approximate surface area is 153 Å². The predicted octanol–water partition coefficient (Wildman–Crippen LogP) is 1.67. The van der Waals surface area contributed by atoms with E-state index in [9.17, 15) is 4.79 Å². The van der Waals surface area contributed by atoms with Crippen molar-refractivity contribution in [1.29, 1.82) is 0 Å². The number of anilines is 1. The molecule has 140 valence electrons. The highest BCUT2D eigenvalue weighted by Crippen LogP contribution is 2.35. The second kappa shape index (κ2) is 7.26. The second-order valence-corrected chi connectivity index (χ2v) is 7.00. The topological polar surface area (TPSA) is 99.4 Å². The molecule has 1 aromatic rings. The molecule has 2 heterocycles. The smallest absolute Gasteiger partial charge is 0.256 e. The molecular formula is C19H26N4O3. The van der Waals surface area contributed by atoms with Gasteiger partial charge in [0.15, 0.2) is 0 Å². The van der Waals surface area contributed by atoms with E-state index < -0.39 is 5.54 Å². The fraction of sp³-hybridized carbons (Fsp3) is 0.526. The largest absolute Gasteiger partial charge is 0.377 e. The maximum Gasteiger partial charge on any atom is 0.256 e. The van der Waals surface area contributed by atoms with E-state index in [1.165, 1.54) is 0 Å². The SMILES string of the molecule is CCOC1C=C(C)C(C(=O)Nc2nc(C)ncc2C)=CC1C1(N)COC1. The fourth-order valence-electron chi connectivity index (χ4n) is 3.30. The van der Waals surface area contributed by atoms with Gasteiger partial charge in [-0.05, 0) is 33.3 Å². The zero-order chi connectivity index (χ0) is 18.9. The van der Waals surface area contributed by atoms with Crippen LogP contribution in [0.4, 0.5) is 5.82 Å². The summed E-state index contributed by atoms with van der Waals surface area (Å²) in [5, 5.41) is 2.89. The molecule has 0 aromatic carbocycles. The molecule has 1 fully saturated rings. The van der Waals surface area contributed by atoms with E-state index >= 15 is 0 Å². The normalized spacial score (nSPS) is 24.3. The maximum atomic E-state index is 12.9. The van der Waals surface area contributed by atoms with Gasteiger partial charge in [-0.25, -0.2) is 9.97 Å². The lowest BCUT2D eigenvalue weighted by Gasteiger charge is -2.46. The van der Waals surface area contributed by atoms with Crippen molar-refractivity contribution in [2.75, 3.05) is 25.1 Å². The molecule has 26 heavy (non-hydrogen) atoms. The molecule has 0 spiro atoms. The number of carbonyl (C=O) groups is 1. The van der Waals surface area contributed by atoms with Gasteiger partial charge < -0.3 is 20.5 Å². The van der Waals surface area contributed by atoms with Crippen molar-refractivity contribution in [2.24, 2.45) is 11.7 Å². The number of hydrogen-bond donors (Lipinski definition) is 2. The van der Waals surface area contributed by atoms with Crippen LogP contribution >= 0.6 is 0 Å². The van der Waals surface area contributed by atoms with Crippen molar-refractivity contribution in [3.63, 3.8) is 0 Å². The van der Waals surface area contributed by atoms with Crippen molar-refractivity contribution in [1.82, 2.24) is 9.97 Å². The molecule has 1 aromatic heterocycles. The van der Waals surface area contributed by atoms with E-state index in [1.807, 2.05) is 32.9 Å². The third-order valence-electron chi connectivity index (χ3n) is 4.87. The summed E-state index contributed by atoms with van der Waals surface area (Å²) in [4.78, 5) is 21.3. The van der Waals surface area contributed by atoms with E-state index in [4.69, 9.17) is 15.2 Å². The summed E-state index contributed by atoms with van der Waals surface area (Å²) >= 11 is 0. The van der Waals surface area contributed by atoms with Crippen molar-refractivity contribution in [3.8, 4) is 0 Å². The van der Waals surface area contributed by atoms with Crippen molar-refractivity contribution < 1.29 is 14.3 Å². The summed E-state index contributed by atoms with van der Waals surface area (Å²) in [5.74, 6) is 0.810. The Balaban J connectivity index is 1.87. The van der Waals surface area contributed by atoms with Crippen LogP contribution in [0.15, 0.2) is 29.5 Å². The van der Waals surface area contributed by atoms with E-state index in [0.717, 1.165) is 11.1 Å². The van der Waals surface area contributed by atoms with Crippen molar-refractivity contribution >= 4 is 11.7 Å². The summed E-state index contributed by atoms with van der Waals surface area (Å²) in [5.41, 5.74) is 8.24. The number of nitrogens with one attached hydrogen (secondary N) is 1. The molecule has 2 unspecified atom stereocenters. The summed E-state index contributed by atoms with van der Waals surface area (Å²) in [6, 6.07) is 0. The Kier molecular flexibility index (Phi) is 5.22. The number of aromatic nitrogens is 2. The molecule has 1 aliphatic carbocycles. The third-order valence-corrected chi connectivity index (χ3v) is 4.87. The molecule has 1 amide bonds. The average molecular weight is 358 g/mol. The van der Waals surface area contributed by atoms with Crippen LogP contribution in [0.3, 0.4) is 0 Å². The molecule has 1 aliphatic heterocycles. The van der Waals surface area contributed by atoms with Gasteiger partial charge in [0.25, 0.3) is 5.91 Å². The first kappa shape index (κ1) is 18.7. The number of nitrogens with two attached hydrogens (primary N) is 1. The van der Waals surface area contributed by atoms with Gasteiger partial charge in [0.1, 0.15) is 11.6 Å². The van der Waals surface area contributed by atoms with E-state index in [-0.39, 0.29) is 17.9 Å². The first-order valence-electron chi connectivity index (χ1n) is 8.84. The van der Waals surface area contributed by atoms with Gasteiger partial charge in [0.05, 0.1) is 24.9 Å². The Bertz CT molecular complexity index is 768. The first-order chi connectivity index (χ1) is 12.3. The van der Waals surface area contributed by atoms with Gasteiger partial charge in [-0.15, -0.1) is 0 Å². The Morgan fingerprint density at radius 2 is 2.12 bits per heavy atom. The van der Waals surface area contributed by atoms with Crippen LogP contribution in [0.25, 0.3) is 0 Å². The van der Waals surface area contributed by atoms with Crippen LogP contribution in [-0.2, 0) is 14.3 Å². The number of nitrogens with zero attached hydrogens (tertiary/aromatic N) is 2. The summed E-state index contributed by atoms with van der Waals surface area (Å²) in [7, 11) is 0. The average Bonchev–Trinajstić information content (AvgIpc) is 2.56. The van der Waals surface area contributed by atoms with Crippen LogP contribution in [0.1, 0.15) is 25.2 Å². The first-order valence-corrected chi connectivity index (χ1v) is 8.84. The summed E-state index contributed by atoms with van der Waals surface area (Å²) in [6.07, 6.45) is 5.45. The van der Waals surface area contributed by atoms with Gasteiger partial charge in [0.2, 0.25) is 0 Å². The summed E-state index contributed by atoms with van der Waals surface area (Å²) in [6.45, 7) is 9.02. The van der Waals surface area contributed by atoms with E-state index in [0.29, 0.717) is 37.0 Å². The number of carbonyl (C=O) groups excluding carboxylic acids is 1. The third kappa shape index (κ3) is 3.56. The molecule has 0 radical (unpaired) electrons.